The largest absolute Gasteiger partial charge is 0.465 e. The van der Waals surface area contributed by atoms with E-state index in [4.69, 9.17) is 4.74 Å². The van der Waals surface area contributed by atoms with Crippen molar-refractivity contribution in [1.82, 2.24) is 4.72 Å². The van der Waals surface area contributed by atoms with Crippen molar-refractivity contribution in [2.75, 3.05) is 19.5 Å². The first-order chi connectivity index (χ1) is 12.7. The standard InChI is InChI=1S/C20H24N2O4S/c1-20(2)12-15-10-14(19(23)26-4)8-9-17(15)22-18(20)13-6-5-7-16(11-13)27(24,25)21-3/h5-11,18,21-22H,12H2,1-4H3. The van der Waals surface area contributed by atoms with Gasteiger partial charge in [-0.25, -0.2) is 17.9 Å². The Bertz CT molecular complexity index is 983. The van der Waals surface area contributed by atoms with Gasteiger partial charge in [0, 0.05) is 5.69 Å². The Hall–Kier alpha value is -2.38. The Morgan fingerprint density at radius 3 is 2.63 bits per heavy atom. The highest BCUT2D eigenvalue weighted by Crippen LogP contribution is 2.45. The summed E-state index contributed by atoms with van der Waals surface area (Å²) in [6, 6.07) is 12.4. The molecular weight excluding hydrogens is 364 g/mol. The quantitative estimate of drug-likeness (QED) is 0.786. The predicted molar refractivity (Wildman–Crippen MR) is 104 cm³/mol. The second kappa shape index (κ2) is 6.98. The molecule has 2 N–H and O–H groups in total. The molecule has 2 aromatic carbocycles. The van der Waals surface area contributed by atoms with Gasteiger partial charge in [0.05, 0.1) is 23.6 Å². The second-order valence-electron chi connectivity index (χ2n) is 7.39. The molecule has 144 valence electrons. The summed E-state index contributed by atoms with van der Waals surface area (Å²) in [7, 11) is -0.734. The number of nitrogens with one attached hydrogen (secondary N) is 2. The van der Waals surface area contributed by atoms with Crippen LogP contribution in [0, 0.1) is 5.41 Å². The Labute approximate surface area is 160 Å². The first-order valence-corrected chi connectivity index (χ1v) is 10.2. The molecule has 0 spiro atoms. The van der Waals surface area contributed by atoms with E-state index in [-0.39, 0.29) is 22.3 Å². The molecule has 6 nitrogen and oxygen atoms in total. The normalized spacial score (nSPS) is 18.3. The molecule has 0 saturated heterocycles. The van der Waals surface area contributed by atoms with Gasteiger partial charge in [-0.05, 0) is 60.3 Å². The van der Waals surface area contributed by atoms with Gasteiger partial charge in [0.25, 0.3) is 0 Å². The van der Waals surface area contributed by atoms with Crippen LogP contribution in [0.3, 0.4) is 0 Å². The molecule has 0 aromatic heterocycles. The van der Waals surface area contributed by atoms with Crippen LogP contribution in [0.2, 0.25) is 0 Å². The fraction of sp³-hybridized carbons (Fsp3) is 0.350. The number of carbonyl (C=O) groups excluding carboxylic acids is 1. The lowest BCUT2D eigenvalue weighted by atomic mass is 9.73. The summed E-state index contributed by atoms with van der Waals surface area (Å²) in [5.74, 6) is -0.359. The third kappa shape index (κ3) is 3.70. The van der Waals surface area contributed by atoms with Gasteiger partial charge in [0.15, 0.2) is 0 Å². The second-order valence-corrected chi connectivity index (χ2v) is 9.27. The fourth-order valence-electron chi connectivity index (χ4n) is 3.58. The number of methoxy groups -OCH3 is 1. The molecule has 3 rings (SSSR count). The van der Waals surface area contributed by atoms with Gasteiger partial charge in [-0.15, -0.1) is 0 Å². The maximum absolute atomic E-state index is 12.2. The highest BCUT2D eigenvalue weighted by molar-refractivity contribution is 7.89. The summed E-state index contributed by atoms with van der Waals surface area (Å²) in [5, 5.41) is 3.52. The molecular formula is C20H24N2O4S. The van der Waals surface area contributed by atoms with E-state index >= 15 is 0 Å². The molecule has 7 heteroatoms. The van der Waals surface area contributed by atoms with Crippen LogP contribution in [0.25, 0.3) is 0 Å². The molecule has 0 aliphatic carbocycles. The van der Waals surface area contributed by atoms with E-state index < -0.39 is 10.0 Å². The van der Waals surface area contributed by atoms with Crippen molar-refractivity contribution in [1.29, 1.82) is 0 Å². The molecule has 0 bridgehead atoms. The average molecular weight is 388 g/mol. The maximum atomic E-state index is 12.2. The summed E-state index contributed by atoms with van der Waals surface area (Å²) in [5.41, 5.74) is 3.21. The van der Waals surface area contributed by atoms with Gasteiger partial charge in [-0.2, -0.15) is 0 Å². The van der Waals surface area contributed by atoms with Crippen LogP contribution in [0.1, 0.15) is 41.4 Å². The predicted octanol–water partition coefficient (Wildman–Crippen LogP) is 3.12. The summed E-state index contributed by atoms with van der Waals surface area (Å²) >= 11 is 0. The van der Waals surface area contributed by atoms with Crippen molar-refractivity contribution < 1.29 is 17.9 Å². The topological polar surface area (TPSA) is 84.5 Å². The number of anilines is 1. The minimum absolute atomic E-state index is 0.0685. The van der Waals surface area contributed by atoms with Crippen molar-refractivity contribution in [3.8, 4) is 0 Å². The number of rotatable bonds is 4. The summed E-state index contributed by atoms with van der Waals surface area (Å²) in [6.07, 6.45) is 0.744. The van der Waals surface area contributed by atoms with Gasteiger partial charge in [0.1, 0.15) is 0 Å². The number of carbonyl (C=O) groups is 1. The molecule has 2 aromatic rings. The van der Waals surface area contributed by atoms with Crippen LogP contribution in [0.5, 0.6) is 0 Å². The van der Waals surface area contributed by atoms with Crippen LogP contribution in [0.15, 0.2) is 47.4 Å². The Morgan fingerprint density at radius 2 is 1.96 bits per heavy atom. The third-order valence-electron chi connectivity index (χ3n) is 5.02. The van der Waals surface area contributed by atoms with E-state index in [0.29, 0.717) is 5.56 Å². The molecule has 0 radical (unpaired) electrons. The molecule has 0 saturated carbocycles. The number of ether oxygens (including phenoxy) is 1. The minimum atomic E-state index is -3.50. The van der Waals surface area contributed by atoms with E-state index in [1.165, 1.54) is 14.2 Å². The Kier molecular flexibility index (Phi) is 5.01. The van der Waals surface area contributed by atoms with Crippen molar-refractivity contribution in [3.05, 3.63) is 59.2 Å². The van der Waals surface area contributed by atoms with Gasteiger partial charge in [-0.3, -0.25) is 0 Å². The molecule has 1 unspecified atom stereocenters. The molecule has 27 heavy (non-hydrogen) atoms. The average Bonchev–Trinajstić information content (AvgIpc) is 2.65. The van der Waals surface area contributed by atoms with Crippen LogP contribution in [-0.4, -0.2) is 28.5 Å². The molecule has 0 amide bonds. The van der Waals surface area contributed by atoms with Gasteiger partial charge in [-0.1, -0.05) is 26.0 Å². The number of hydrogen-bond acceptors (Lipinski definition) is 5. The van der Waals surface area contributed by atoms with Gasteiger partial charge < -0.3 is 10.1 Å². The molecule has 0 fully saturated rings. The SMILES string of the molecule is CNS(=O)(=O)c1cccc(C2Nc3ccc(C(=O)OC)cc3CC2(C)C)c1. The highest BCUT2D eigenvalue weighted by Gasteiger charge is 2.36. The van der Waals surface area contributed by atoms with Crippen molar-refractivity contribution in [2.45, 2.75) is 31.2 Å². The van der Waals surface area contributed by atoms with E-state index in [1.807, 2.05) is 18.2 Å². The number of sulfonamides is 1. The summed E-state index contributed by atoms with van der Waals surface area (Å²) < 4.78 is 31.5. The Morgan fingerprint density at radius 1 is 1.22 bits per heavy atom. The zero-order valence-electron chi connectivity index (χ0n) is 15.9. The number of benzene rings is 2. The fourth-order valence-corrected chi connectivity index (χ4v) is 4.37. The van der Waals surface area contributed by atoms with E-state index in [0.717, 1.165) is 23.2 Å². The first kappa shape index (κ1) is 19.4. The van der Waals surface area contributed by atoms with Crippen molar-refractivity contribution in [2.24, 2.45) is 5.41 Å². The molecule has 1 heterocycles. The van der Waals surface area contributed by atoms with E-state index in [1.54, 1.807) is 24.3 Å². The third-order valence-corrected chi connectivity index (χ3v) is 6.44. The van der Waals surface area contributed by atoms with Crippen molar-refractivity contribution in [3.63, 3.8) is 0 Å². The summed E-state index contributed by atoms with van der Waals surface area (Å²) in [4.78, 5) is 12.0. The highest BCUT2D eigenvalue weighted by atomic mass is 32.2. The number of fused-ring (bicyclic) bond motifs is 1. The molecule has 1 aliphatic rings. The van der Waals surface area contributed by atoms with E-state index in [9.17, 15) is 13.2 Å². The first-order valence-electron chi connectivity index (χ1n) is 8.69. The Balaban J connectivity index is 2.00. The molecule has 1 atom stereocenters. The van der Waals surface area contributed by atoms with Crippen LogP contribution >= 0.6 is 0 Å². The lowest BCUT2D eigenvalue weighted by Crippen LogP contribution is -2.35. The number of hydrogen-bond donors (Lipinski definition) is 2. The lowest BCUT2D eigenvalue weighted by molar-refractivity contribution is 0.0600. The zero-order chi connectivity index (χ0) is 19.8. The van der Waals surface area contributed by atoms with Gasteiger partial charge >= 0.3 is 5.97 Å². The van der Waals surface area contributed by atoms with Gasteiger partial charge in [0.2, 0.25) is 10.0 Å². The van der Waals surface area contributed by atoms with Crippen LogP contribution < -0.4 is 10.0 Å². The van der Waals surface area contributed by atoms with Crippen LogP contribution in [-0.2, 0) is 21.2 Å². The van der Waals surface area contributed by atoms with E-state index in [2.05, 4.69) is 23.9 Å². The smallest absolute Gasteiger partial charge is 0.337 e. The maximum Gasteiger partial charge on any atom is 0.337 e. The van der Waals surface area contributed by atoms with Crippen molar-refractivity contribution >= 4 is 21.7 Å². The minimum Gasteiger partial charge on any atom is -0.465 e. The number of esters is 1. The monoisotopic (exact) mass is 388 g/mol. The lowest BCUT2D eigenvalue weighted by Gasteiger charge is -2.41. The summed E-state index contributed by atoms with van der Waals surface area (Å²) in [6.45, 7) is 4.25. The van der Waals surface area contributed by atoms with Crippen LogP contribution in [0.4, 0.5) is 5.69 Å². The molecule has 1 aliphatic heterocycles. The zero-order valence-corrected chi connectivity index (χ0v) is 16.7.